The summed E-state index contributed by atoms with van der Waals surface area (Å²) < 4.78 is 5.20. The molecule has 7 heteroatoms. The van der Waals surface area contributed by atoms with Gasteiger partial charge in [-0.05, 0) is 31.2 Å². The van der Waals surface area contributed by atoms with E-state index in [1.165, 1.54) is 0 Å². The Bertz CT molecular complexity index is 634. The van der Waals surface area contributed by atoms with Crippen molar-refractivity contribution < 1.29 is 19.1 Å². The summed E-state index contributed by atoms with van der Waals surface area (Å²) in [7, 11) is 0. The largest absolute Gasteiger partial charge is 0.445 e. The average Bonchev–Trinajstić information content (AvgIpc) is 2.68. The molecule has 0 aliphatic carbocycles. The molecule has 3 amide bonds. The fraction of sp³-hybridized carbons (Fsp3) is 0.591. The van der Waals surface area contributed by atoms with Crippen molar-refractivity contribution in [2.75, 3.05) is 6.54 Å². The van der Waals surface area contributed by atoms with E-state index in [1.54, 1.807) is 0 Å². The minimum absolute atomic E-state index is 0.0666. The van der Waals surface area contributed by atoms with E-state index < -0.39 is 18.0 Å². The van der Waals surface area contributed by atoms with E-state index in [4.69, 9.17) is 4.74 Å². The van der Waals surface area contributed by atoms with Crippen molar-refractivity contribution in [2.24, 2.45) is 5.92 Å². The van der Waals surface area contributed by atoms with E-state index in [2.05, 4.69) is 22.9 Å². The molecule has 0 aliphatic heterocycles. The molecule has 3 N–H and O–H groups in total. The van der Waals surface area contributed by atoms with Gasteiger partial charge in [0.05, 0.1) is 6.54 Å². The lowest BCUT2D eigenvalue weighted by Crippen LogP contribution is -2.50. The van der Waals surface area contributed by atoms with Crippen molar-refractivity contribution >= 4 is 17.9 Å². The molecule has 29 heavy (non-hydrogen) atoms. The van der Waals surface area contributed by atoms with Crippen LogP contribution < -0.4 is 16.0 Å². The fourth-order valence-electron chi connectivity index (χ4n) is 2.81. The number of carbonyl (C=O) groups is 3. The first kappa shape index (κ1) is 24.5. The van der Waals surface area contributed by atoms with Crippen LogP contribution in [0.2, 0.25) is 0 Å². The Labute approximate surface area is 174 Å². The number of amides is 3. The van der Waals surface area contributed by atoms with Gasteiger partial charge in [0.25, 0.3) is 0 Å². The molecule has 0 bridgehead atoms. The highest BCUT2D eigenvalue weighted by Crippen LogP contribution is 2.06. The number of ether oxygens (including phenoxy) is 1. The summed E-state index contributed by atoms with van der Waals surface area (Å²) >= 11 is 0. The number of hydrogen-bond acceptors (Lipinski definition) is 4. The Balaban J connectivity index is 2.48. The number of hydrogen-bond donors (Lipinski definition) is 3. The molecule has 7 nitrogen and oxygen atoms in total. The molecule has 1 aromatic carbocycles. The number of carbonyl (C=O) groups excluding carboxylic acids is 3. The van der Waals surface area contributed by atoms with E-state index in [-0.39, 0.29) is 31.0 Å². The summed E-state index contributed by atoms with van der Waals surface area (Å²) in [5.41, 5.74) is 0.862. The van der Waals surface area contributed by atoms with Gasteiger partial charge in [-0.3, -0.25) is 9.59 Å². The molecule has 0 saturated heterocycles. The number of nitrogens with one attached hydrogen (secondary N) is 3. The van der Waals surface area contributed by atoms with Crippen molar-refractivity contribution in [1.29, 1.82) is 0 Å². The zero-order valence-corrected chi connectivity index (χ0v) is 18.0. The van der Waals surface area contributed by atoms with Crippen molar-refractivity contribution in [3.8, 4) is 0 Å². The van der Waals surface area contributed by atoms with Crippen LogP contribution in [0.5, 0.6) is 0 Å². The highest BCUT2D eigenvalue weighted by Gasteiger charge is 2.23. The van der Waals surface area contributed by atoms with Crippen LogP contribution in [-0.2, 0) is 20.9 Å². The molecule has 0 aromatic heterocycles. The van der Waals surface area contributed by atoms with Crippen molar-refractivity contribution in [3.05, 3.63) is 35.9 Å². The molecule has 0 fully saturated rings. The number of alkyl carbamates (subject to hydrolysis) is 1. The molecule has 1 rings (SSSR count). The van der Waals surface area contributed by atoms with Gasteiger partial charge in [-0.2, -0.15) is 0 Å². The van der Waals surface area contributed by atoms with E-state index in [0.29, 0.717) is 6.42 Å². The first-order chi connectivity index (χ1) is 13.8. The predicted octanol–water partition coefficient (Wildman–Crippen LogP) is 3.14. The third-order valence-corrected chi connectivity index (χ3v) is 4.35. The van der Waals surface area contributed by atoms with Gasteiger partial charge >= 0.3 is 6.09 Å². The summed E-state index contributed by atoms with van der Waals surface area (Å²) in [5, 5.41) is 8.08. The van der Waals surface area contributed by atoms with E-state index in [9.17, 15) is 14.4 Å². The van der Waals surface area contributed by atoms with Crippen LogP contribution >= 0.6 is 0 Å². The van der Waals surface area contributed by atoms with Crippen molar-refractivity contribution in [2.45, 2.75) is 72.1 Å². The van der Waals surface area contributed by atoms with Crippen LogP contribution in [0.1, 0.15) is 58.9 Å². The maximum Gasteiger partial charge on any atom is 0.408 e. The Morgan fingerprint density at radius 1 is 1.03 bits per heavy atom. The summed E-state index contributed by atoms with van der Waals surface area (Å²) in [5.74, 6) is -0.452. The van der Waals surface area contributed by atoms with Crippen molar-refractivity contribution in [1.82, 2.24) is 16.0 Å². The number of unbranched alkanes of at least 4 members (excludes halogenated alkanes) is 1. The van der Waals surface area contributed by atoms with Gasteiger partial charge in [-0.25, -0.2) is 4.79 Å². The van der Waals surface area contributed by atoms with E-state index in [1.807, 2.05) is 51.1 Å². The lowest BCUT2D eigenvalue weighted by Gasteiger charge is -2.20. The molecular formula is C22H35N3O4. The Kier molecular flexibility index (Phi) is 11.5. The van der Waals surface area contributed by atoms with Gasteiger partial charge < -0.3 is 20.7 Å². The van der Waals surface area contributed by atoms with Gasteiger partial charge in [0.15, 0.2) is 0 Å². The Hall–Kier alpha value is -2.57. The minimum Gasteiger partial charge on any atom is -0.445 e. The summed E-state index contributed by atoms with van der Waals surface area (Å²) in [4.78, 5) is 36.6. The molecule has 2 atom stereocenters. The Morgan fingerprint density at radius 3 is 2.34 bits per heavy atom. The molecule has 0 aliphatic rings. The van der Waals surface area contributed by atoms with Crippen molar-refractivity contribution in [3.63, 3.8) is 0 Å². The second kappa shape index (κ2) is 13.6. The zero-order valence-electron chi connectivity index (χ0n) is 18.0. The van der Waals surface area contributed by atoms with Crippen LogP contribution in [0.4, 0.5) is 4.79 Å². The lowest BCUT2D eigenvalue weighted by molar-refractivity contribution is -0.127. The SMILES string of the molecule is CCCCC(C)NC(=O)CNC(=O)[C@H](CC(C)C)NC(=O)OCc1ccccc1. The molecule has 0 saturated carbocycles. The highest BCUT2D eigenvalue weighted by molar-refractivity contribution is 5.89. The molecule has 1 aromatic rings. The summed E-state index contributed by atoms with van der Waals surface area (Å²) in [6, 6.07) is 8.62. The Morgan fingerprint density at radius 2 is 1.72 bits per heavy atom. The quantitative estimate of drug-likeness (QED) is 0.498. The third-order valence-electron chi connectivity index (χ3n) is 4.35. The lowest BCUT2D eigenvalue weighted by atomic mass is 10.0. The van der Waals surface area contributed by atoms with Crippen LogP contribution in [0.15, 0.2) is 30.3 Å². The normalized spacial score (nSPS) is 12.7. The first-order valence-electron chi connectivity index (χ1n) is 10.4. The molecule has 0 heterocycles. The maximum atomic E-state index is 12.5. The maximum absolute atomic E-state index is 12.5. The van der Waals surface area contributed by atoms with E-state index in [0.717, 1.165) is 24.8 Å². The minimum atomic E-state index is -0.761. The van der Waals surface area contributed by atoms with Crippen LogP contribution in [0, 0.1) is 5.92 Å². The molecule has 162 valence electrons. The first-order valence-corrected chi connectivity index (χ1v) is 10.4. The van der Waals surface area contributed by atoms with Crippen LogP contribution in [0.25, 0.3) is 0 Å². The zero-order chi connectivity index (χ0) is 21.6. The highest BCUT2D eigenvalue weighted by atomic mass is 16.5. The van der Waals surface area contributed by atoms with E-state index >= 15 is 0 Å². The monoisotopic (exact) mass is 405 g/mol. The molecular weight excluding hydrogens is 370 g/mol. The van der Waals surface area contributed by atoms with Crippen LogP contribution in [-0.4, -0.2) is 36.5 Å². The standard InChI is InChI=1S/C22H35N3O4/c1-5-6-10-17(4)24-20(26)14-23-21(27)19(13-16(2)3)25-22(28)29-15-18-11-8-7-9-12-18/h7-9,11-12,16-17,19H,5-6,10,13-15H2,1-4H3,(H,23,27)(H,24,26)(H,25,28)/t17?,19-/m0/s1. The molecule has 1 unspecified atom stereocenters. The molecule has 0 spiro atoms. The van der Waals surface area contributed by atoms with Gasteiger partial charge in [0, 0.05) is 6.04 Å². The van der Waals surface area contributed by atoms with Gasteiger partial charge in [-0.15, -0.1) is 0 Å². The molecule has 0 radical (unpaired) electrons. The fourth-order valence-corrected chi connectivity index (χ4v) is 2.81. The average molecular weight is 406 g/mol. The van der Waals surface area contributed by atoms with Crippen LogP contribution in [0.3, 0.4) is 0 Å². The second-order valence-corrected chi connectivity index (χ2v) is 7.72. The topological polar surface area (TPSA) is 96.5 Å². The summed E-state index contributed by atoms with van der Waals surface area (Å²) in [6.45, 7) is 7.97. The summed E-state index contributed by atoms with van der Waals surface area (Å²) in [6.07, 6.45) is 2.80. The van der Waals surface area contributed by atoms with Gasteiger partial charge in [-0.1, -0.05) is 63.9 Å². The predicted molar refractivity (Wildman–Crippen MR) is 113 cm³/mol. The van der Waals surface area contributed by atoms with Gasteiger partial charge in [0.2, 0.25) is 11.8 Å². The number of benzene rings is 1. The van der Waals surface area contributed by atoms with Gasteiger partial charge in [0.1, 0.15) is 12.6 Å². The third kappa shape index (κ3) is 11.1. The smallest absolute Gasteiger partial charge is 0.408 e. The second-order valence-electron chi connectivity index (χ2n) is 7.72. The number of rotatable bonds is 12.